The maximum absolute atomic E-state index is 12.9. The zero-order valence-corrected chi connectivity index (χ0v) is 15.0. The number of hydrogen-bond donors (Lipinski definition) is 3. The van der Waals surface area contributed by atoms with E-state index >= 15 is 0 Å². The van der Waals surface area contributed by atoms with Gasteiger partial charge in [0.15, 0.2) is 0 Å². The van der Waals surface area contributed by atoms with E-state index in [0.29, 0.717) is 12.2 Å². The summed E-state index contributed by atoms with van der Waals surface area (Å²) < 4.78 is 12.9. The Labute approximate surface area is 151 Å². The van der Waals surface area contributed by atoms with Crippen molar-refractivity contribution in [2.75, 3.05) is 11.9 Å². The maximum Gasteiger partial charge on any atom is 0.319 e. The van der Waals surface area contributed by atoms with Gasteiger partial charge in [0.2, 0.25) is 0 Å². The van der Waals surface area contributed by atoms with Crippen LogP contribution in [0.5, 0.6) is 0 Å². The van der Waals surface area contributed by atoms with Crippen molar-refractivity contribution in [2.45, 2.75) is 44.1 Å². The first-order valence-corrected chi connectivity index (χ1v) is 9.39. The number of carbonyl (C=O) groups is 1. The summed E-state index contributed by atoms with van der Waals surface area (Å²) in [6.07, 6.45) is 3.88. The van der Waals surface area contributed by atoms with E-state index in [1.54, 1.807) is 18.3 Å². The number of rotatable bonds is 5. The molecule has 1 unspecified atom stereocenters. The van der Waals surface area contributed by atoms with Gasteiger partial charge in [0, 0.05) is 27.4 Å². The molecule has 1 aromatic heterocycles. The van der Waals surface area contributed by atoms with E-state index in [1.807, 2.05) is 6.07 Å². The molecular weight excluding hydrogens is 339 g/mol. The van der Waals surface area contributed by atoms with Crippen LogP contribution in [-0.4, -0.2) is 17.7 Å². The lowest BCUT2D eigenvalue weighted by molar-refractivity contribution is 0.203. The summed E-state index contributed by atoms with van der Waals surface area (Å²) in [5, 5.41) is 15.5. The van der Waals surface area contributed by atoms with E-state index in [1.165, 1.54) is 29.1 Å². The van der Waals surface area contributed by atoms with Gasteiger partial charge in [0.1, 0.15) is 5.82 Å². The minimum Gasteiger partial charge on any atom is -0.388 e. The van der Waals surface area contributed by atoms with E-state index in [0.717, 1.165) is 30.6 Å². The normalized spacial score (nSPS) is 17.2. The topological polar surface area (TPSA) is 61.4 Å². The molecule has 6 heteroatoms. The fraction of sp³-hybridized carbons (Fsp3) is 0.421. The van der Waals surface area contributed by atoms with Gasteiger partial charge in [-0.15, -0.1) is 11.3 Å². The third-order valence-corrected chi connectivity index (χ3v) is 6.31. The molecule has 1 aliphatic rings. The van der Waals surface area contributed by atoms with Gasteiger partial charge in [-0.1, -0.05) is 12.8 Å². The van der Waals surface area contributed by atoms with Gasteiger partial charge in [0.25, 0.3) is 0 Å². The lowest BCUT2D eigenvalue weighted by atomic mass is 9.84. The molecule has 1 saturated carbocycles. The van der Waals surface area contributed by atoms with Crippen LogP contribution < -0.4 is 10.6 Å². The van der Waals surface area contributed by atoms with Crippen LogP contribution in [-0.2, 0) is 5.41 Å². The van der Waals surface area contributed by atoms with Gasteiger partial charge in [-0.3, -0.25) is 0 Å². The van der Waals surface area contributed by atoms with Gasteiger partial charge in [-0.05, 0) is 56.2 Å². The summed E-state index contributed by atoms with van der Waals surface area (Å²) >= 11 is 1.63. The molecular formula is C19H23FN2O2S. The molecule has 4 nitrogen and oxygen atoms in total. The number of carbonyl (C=O) groups excluding carboxylic acids is 1. The number of benzene rings is 1. The van der Waals surface area contributed by atoms with Crippen LogP contribution in [0.1, 0.15) is 48.5 Å². The van der Waals surface area contributed by atoms with Crippen molar-refractivity contribution in [1.82, 2.24) is 5.32 Å². The second kappa shape index (κ2) is 7.54. The lowest BCUT2D eigenvalue weighted by Crippen LogP contribution is -2.40. The highest BCUT2D eigenvalue weighted by atomic mass is 32.1. The van der Waals surface area contributed by atoms with Crippen LogP contribution >= 0.6 is 11.3 Å². The van der Waals surface area contributed by atoms with Gasteiger partial charge >= 0.3 is 6.03 Å². The van der Waals surface area contributed by atoms with Crippen molar-refractivity contribution < 1.29 is 14.3 Å². The fourth-order valence-corrected chi connectivity index (χ4v) is 4.57. The Kier molecular flexibility index (Phi) is 5.39. The largest absolute Gasteiger partial charge is 0.388 e. The van der Waals surface area contributed by atoms with Crippen molar-refractivity contribution >= 4 is 23.1 Å². The third-order valence-electron chi connectivity index (χ3n) is 4.81. The number of urea groups is 1. The molecule has 0 saturated heterocycles. The van der Waals surface area contributed by atoms with Crippen LogP contribution in [0.4, 0.5) is 14.9 Å². The minimum absolute atomic E-state index is 0.0576. The monoisotopic (exact) mass is 362 g/mol. The Morgan fingerprint density at radius 1 is 1.24 bits per heavy atom. The van der Waals surface area contributed by atoms with Crippen molar-refractivity contribution in [2.24, 2.45) is 0 Å². The number of aliphatic hydroxyl groups excluding tert-OH is 1. The number of hydrogen-bond acceptors (Lipinski definition) is 3. The van der Waals surface area contributed by atoms with E-state index in [2.05, 4.69) is 16.7 Å². The molecule has 3 N–H and O–H groups in total. The molecule has 1 aliphatic carbocycles. The predicted molar refractivity (Wildman–Crippen MR) is 98.5 cm³/mol. The second-order valence-electron chi connectivity index (χ2n) is 6.68. The van der Waals surface area contributed by atoms with Gasteiger partial charge in [-0.2, -0.15) is 0 Å². The van der Waals surface area contributed by atoms with E-state index in [-0.39, 0.29) is 17.3 Å². The molecule has 1 heterocycles. The Morgan fingerprint density at radius 3 is 2.52 bits per heavy atom. The molecule has 0 bridgehead atoms. The van der Waals surface area contributed by atoms with Crippen LogP contribution in [0.3, 0.4) is 0 Å². The van der Waals surface area contributed by atoms with Crippen LogP contribution in [0.25, 0.3) is 0 Å². The highest BCUT2D eigenvalue weighted by Crippen LogP contribution is 2.44. The summed E-state index contributed by atoms with van der Waals surface area (Å²) in [7, 11) is 0. The lowest BCUT2D eigenvalue weighted by Gasteiger charge is -2.28. The average molecular weight is 362 g/mol. The average Bonchev–Trinajstić information content (AvgIpc) is 3.25. The summed E-state index contributed by atoms with van der Waals surface area (Å²) in [5.41, 5.74) is 0.504. The van der Waals surface area contributed by atoms with E-state index < -0.39 is 6.10 Å². The second-order valence-corrected chi connectivity index (χ2v) is 7.80. The molecule has 0 spiro atoms. The van der Waals surface area contributed by atoms with Crippen LogP contribution in [0, 0.1) is 5.82 Å². The first kappa shape index (κ1) is 17.9. The number of halogens is 1. The first-order valence-electron chi connectivity index (χ1n) is 8.57. The highest BCUT2D eigenvalue weighted by Gasteiger charge is 2.37. The maximum atomic E-state index is 12.9. The summed E-state index contributed by atoms with van der Waals surface area (Å²) in [6.45, 7) is 2.32. The molecule has 25 heavy (non-hydrogen) atoms. The SMILES string of the molecule is CC(O)c1ccc(C2(CNC(=O)Nc3ccc(F)cc3)CCCC2)s1. The fourth-order valence-electron chi connectivity index (χ4n) is 3.38. The number of amides is 2. The summed E-state index contributed by atoms with van der Waals surface area (Å²) in [4.78, 5) is 14.4. The molecule has 1 fully saturated rings. The number of anilines is 1. The smallest absolute Gasteiger partial charge is 0.319 e. The molecule has 0 radical (unpaired) electrons. The summed E-state index contributed by atoms with van der Waals surface area (Å²) in [5.74, 6) is -0.331. The molecule has 2 amide bonds. The van der Waals surface area contributed by atoms with Gasteiger partial charge in [0.05, 0.1) is 6.10 Å². The third kappa shape index (κ3) is 4.19. The van der Waals surface area contributed by atoms with Gasteiger partial charge in [-0.25, -0.2) is 9.18 Å². The number of aliphatic hydroxyl groups is 1. The van der Waals surface area contributed by atoms with Crippen LogP contribution in [0.15, 0.2) is 36.4 Å². The molecule has 1 aromatic carbocycles. The van der Waals surface area contributed by atoms with Crippen LogP contribution in [0.2, 0.25) is 0 Å². The molecule has 2 aromatic rings. The van der Waals surface area contributed by atoms with Crippen molar-refractivity contribution in [3.05, 3.63) is 52.0 Å². The highest BCUT2D eigenvalue weighted by molar-refractivity contribution is 7.12. The molecule has 3 rings (SSSR count). The summed E-state index contributed by atoms with van der Waals surface area (Å²) in [6, 6.07) is 9.48. The van der Waals surface area contributed by atoms with E-state index in [4.69, 9.17) is 0 Å². The molecule has 0 aliphatic heterocycles. The Balaban J connectivity index is 1.65. The zero-order chi connectivity index (χ0) is 17.9. The van der Waals surface area contributed by atoms with E-state index in [9.17, 15) is 14.3 Å². The van der Waals surface area contributed by atoms with Gasteiger partial charge < -0.3 is 15.7 Å². The Bertz CT molecular complexity index is 721. The number of nitrogens with one attached hydrogen (secondary N) is 2. The van der Waals surface area contributed by atoms with Crippen molar-refractivity contribution in [1.29, 1.82) is 0 Å². The standard InChI is InChI=1S/C19H23FN2O2S/c1-13(23)16-8-9-17(25-16)19(10-2-3-11-19)12-21-18(24)22-15-6-4-14(20)5-7-15/h4-9,13,23H,2-3,10-12H2,1H3,(H2,21,22,24). The minimum atomic E-state index is -0.466. The molecule has 134 valence electrons. The van der Waals surface area contributed by atoms with Crippen molar-refractivity contribution in [3.8, 4) is 0 Å². The first-order chi connectivity index (χ1) is 12.0. The number of thiophene rings is 1. The zero-order valence-electron chi connectivity index (χ0n) is 14.2. The quantitative estimate of drug-likeness (QED) is 0.729. The molecule has 1 atom stereocenters. The Morgan fingerprint density at radius 2 is 1.92 bits per heavy atom. The Hall–Kier alpha value is -1.92. The predicted octanol–water partition coefficient (Wildman–Crippen LogP) is 4.57. The van der Waals surface area contributed by atoms with Crippen molar-refractivity contribution in [3.63, 3.8) is 0 Å².